The number of nitrogens with one attached hydrogen (secondary N) is 2. The summed E-state index contributed by atoms with van der Waals surface area (Å²) in [6.45, 7) is 6.08. The number of piperazine rings is 1. The van der Waals surface area contributed by atoms with Crippen molar-refractivity contribution in [2.24, 2.45) is 0 Å². The van der Waals surface area contributed by atoms with Crippen molar-refractivity contribution in [1.29, 1.82) is 0 Å². The molecule has 6 nitrogen and oxygen atoms in total. The second kappa shape index (κ2) is 8.04. The molecular weight excluding hydrogens is 333 g/mol. The Labute approximate surface area is 142 Å². The number of quaternary nitrogens is 1. The van der Waals surface area contributed by atoms with E-state index >= 15 is 0 Å². The van der Waals surface area contributed by atoms with Gasteiger partial charge in [-0.25, -0.2) is 12.8 Å². The Kier molecular flexibility index (Phi) is 6.31. The zero-order valence-electron chi connectivity index (χ0n) is 14.1. The largest absolute Gasteiger partial charge is 0.351 e. The Morgan fingerprint density at radius 2 is 1.96 bits per heavy atom. The molecule has 1 heterocycles. The Morgan fingerprint density at radius 1 is 1.33 bits per heavy atom. The van der Waals surface area contributed by atoms with Crippen molar-refractivity contribution in [2.75, 3.05) is 32.7 Å². The normalized spacial score (nSPS) is 18.3. The summed E-state index contributed by atoms with van der Waals surface area (Å²) >= 11 is 0. The molecule has 1 aliphatic heterocycles. The maximum Gasteiger partial charge on any atom is 0.278 e. The van der Waals surface area contributed by atoms with Crippen molar-refractivity contribution in [3.8, 4) is 0 Å². The molecule has 1 fully saturated rings. The van der Waals surface area contributed by atoms with Gasteiger partial charge in [0.15, 0.2) is 6.04 Å². The van der Waals surface area contributed by atoms with Crippen LogP contribution in [0.15, 0.2) is 29.2 Å². The van der Waals surface area contributed by atoms with Crippen LogP contribution in [0, 0.1) is 5.82 Å². The molecule has 0 unspecified atom stereocenters. The van der Waals surface area contributed by atoms with Crippen molar-refractivity contribution in [3.63, 3.8) is 0 Å². The van der Waals surface area contributed by atoms with Gasteiger partial charge >= 0.3 is 0 Å². The highest BCUT2D eigenvalue weighted by molar-refractivity contribution is 7.89. The predicted molar refractivity (Wildman–Crippen MR) is 88.6 cm³/mol. The minimum Gasteiger partial charge on any atom is -0.351 e. The van der Waals surface area contributed by atoms with Gasteiger partial charge in [0.2, 0.25) is 10.0 Å². The van der Waals surface area contributed by atoms with Crippen LogP contribution in [0.5, 0.6) is 0 Å². The average molecular weight is 358 g/mol. The summed E-state index contributed by atoms with van der Waals surface area (Å²) in [5.41, 5.74) is 0. The van der Waals surface area contributed by atoms with E-state index < -0.39 is 15.8 Å². The molecule has 1 aromatic rings. The number of sulfonamides is 1. The average Bonchev–Trinajstić information content (AvgIpc) is 2.59. The molecule has 0 saturated carbocycles. The third kappa shape index (κ3) is 4.12. The quantitative estimate of drug-likeness (QED) is 0.729. The molecule has 0 bridgehead atoms. The topological polar surface area (TPSA) is 70.9 Å². The van der Waals surface area contributed by atoms with Gasteiger partial charge in [0.05, 0.1) is 26.2 Å². The number of hydrogen-bond donors (Lipinski definition) is 2. The van der Waals surface area contributed by atoms with Crippen LogP contribution in [0.4, 0.5) is 4.39 Å². The van der Waals surface area contributed by atoms with Crippen LogP contribution >= 0.6 is 0 Å². The van der Waals surface area contributed by atoms with Gasteiger partial charge in [-0.3, -0.25) is 4.79 Å². The molecule has 0 aromatic heterocycles. The van der Waals surface area contributed by atoms with Crippen molar-refractivity contribution >= 4 is 15.9 Å². The molecule has 2 rings (SSSR count). The van der Waals surface area contributed by atoms with Gasteiger partial charge in [-0.1, -0.05) is 19.1 Å². The van der Waals surface area contributed by atoms with Gasteiger partial charge in [0.25, 0.3) is 5.91 Å². The summed E-state index contributed by atoms with van der Waals surface area (Å²) in [5, 5.41) is 2.86. The number of amides is 1. The first-order valence-corrected chi connectivity index (χ1v) is 9.69. The van der Waals surface area contributed by atoms with E-state index in [9.17, 15) is 17.6 Å². The van der Waals surface area contributed by atoms with Crippen molar-refractivity contribution < 1.29 is 22.5 Å². The molecular formula is C16H25FN3O3S+. The van der Waals surface area contributed by atoms with E-state index in [-0.39, 0.29) is 29.9 Å². The monoisotopic (exact) mass is 358 g/mol. The summed E-state index contributed by atoms with van der Waals surface area (Å²) in [6.07, 6.45) is 0.877. The fraction of sp³-hybridized carbons (Fsp3) is 0.562. The predicted octanol–water partition coefficient (Wildman–Crippen LogP) is -0.370. The molecule has 0 aliphatic carbocycles. The zero-order valence-corrected chi connectivity index (χ0v) is 14.9. The van der Waals surface area contributed by atoms with Crippen molar-refractivity contribution in [2.45, 2.75) is 31.2 Å². The first-order chi connectivity index (χ1) is 11.4. The number of benzene rings is 1. The second-order valence-corrected chi connectivity index (χ2v) is 7.91. The van der Waals surface area contributed by atoms with Crippen LogP contribution < -0.4 is 10.2 Å². The van der Waals surface area contributed by atoms with Gasteiger partial charge in [0.1, 0.15) is 10.7 Å². The van der Waals surface area contributed by atoms with Crippen molar-refractivity contribution in [3.05, 3.63) is 30.1 Å². The molecule has 24 heavy (non-hydrogen) atoms. The number of carbonyl (C=O) groups is 1. The molecule has 2 N–H and O–H groups in total. The highest BCUT2D eigenvalue weighted by Crippen LogP contribution is 2.18. The SMILES string of the molecule is CCCNC(=O)[C@@H](C)[NH+]1CCN(S(=O)(=O)c2ccccc2F)CC1. The van der Waals surface area contributed by atoms with Crippen LogP contribution in [0.2, 0.25) is 0 Å². The zero-order chi connectivity index (χ0) is 17.7. The molecule has 1 saturated heterocycles. The van der Waals surface area contributed by atoms with E-state index in [1.807, 2.05) is 13.8 Å². The third-order valence-corrected chi connectivity index (χ3v) is 6.31. The molecule has 0 spiro atoms. The summed E-state index contributed by atoms with van der Waals surface area (Å²) in [7, 11) is -3.83. The molecule has 1 amide bonds. The summed E-state index contributed by atoms with van der Waals surface area (Å²) in [4.78, 5) is 12.8. The van der Waals surface area contributed by atoms with E-state index in [4.69, 9.17) is 0 Å². The first kappa shape index (κ1) is 18.8. The lowest BCUT2D eigenvalue weighted by atomic mass is 10.2. The molecule has 1 atom stereocenters. The van der Waals surface area contributed by atoms with Crippen LogP contribution in [-0.4, -0.2) is 57.4 Å². The molecule has 134 valence electrons. The number of carbonyl (C=O) groups excluding carboxylic acids is 1. The van der Waals surface area contributed by atoms with Gasteiger partial charge in [-0.2, -0.15) is 4.31 Å². The Balaban J connectivity index is 2.00. The first-order valence-electron chi connectivity index (χ1n) is 8.25. The van der Waals surface area contributed by atoms with E-state index in [0.717, 1.165) is 17.4 Å². The Morgan fingerprint density at radius 3 is 2.54 bits per heavy atom. The highest BCUT2D eigenvalue weighted by atomic mass is 32.2. The van der Waals surface area contributed by atoms with Crippen LogP contribution in [-0.2, 0) is 14.8 Å². The van der Waals surface area contributed by atoms with Gasteiger partial charge < -0.3 is 10.2 Å². The summed E-state index contributed by atoms with van der Waals surface area (Å²) in [5.74, 6) is -0.753. The fourth-order valence-electron chi connectivity index (χ4n) is 2.83. The maximum absolute atomic E-state index is 13.8. The third-order valence-electron chi connectivity index (χ3n) is 4.37. The number of nitrogens with zero attached hydrogens (tertiary/aromatic N) is 1. The van der Waals surface area contributed by atoms with E-state index in [0.29, 0.717) is 19.6 Å². The second-order valence-electron chi connectivity index (χ2n) is 6.01. The summed E-state index contributed by atoms with van der Waals surface area (Å²) in [6, 6.07) is 5.18. The molecule has 8 heteroatoms. The summed E-state index contributed by atoms with van der Waals surface area (Å²) < 4.78 is 40.2. The Hall–Kier alpha value is -1.51. The van der Waals surface area contributed by atoms with Gasteiger partial charge in [0, 0.05) is 6.54 Å². The van der Waals surface area contributed by atoms with E-state index in [1.54, 1.807) is 0 Å². The maximum atomic E-state index is 13.8. The van der Waals surface area contributed by atoms with E-state index in [1.165, 1.54) is 22.5 Å². The minimum absolute atomic E-state index is 0.0164. The van der Waals surface area contributed by atoms with Crippen LogP contribution in [0.1, 0.15) is 20.3 Å². The van der Waals surface area contributed by atoms with Crippen LogP contribution in [0.25, 0.3) is 0 Å². The smallest absolute Gasteiger partial charge is 0.278 e. The lowest BCUT2D eigenvalue weighted by Crippen LogP contribution is -3.19. The number of halogens is 1. The van der Waals surface area contributed by atoms with Gasteiger partial charge in [-0.05, 0) is 25.5 Å². The van der Waals surface area contributed by atoms with Crippen LogP contribution in [0.3, 0.4) is 0 Å². The van der Waals surface area contributed by atoms with E-state index in [2.05, 4.69) is 5.32 Å². The highest BCUT2D eigenvalue weighted by Gasteiger charge is 2.35. The fourth-order valence-corrected chi connectivity index (χ4v) is 4.33. The van der Waals surface area contributed by atoms with Crippen molar-refractivity contribution in [1.82, 2.24) is 9.62 Å². The number of rotatable bonds is 6. The molecule has 1 aliphatic rings. The standard InChI is InChI=1S/C16H24FN3O3S/c1-3-8-18-16(21)13(2)19-9-11-20(12-10-19)24(22,23)15-7-5-4-6-14(15)17/h4-7,13H,3,8-12H2,1-2H3,(H,18,21)/p+1/t13-/m1/s1. The minimum atomic E-state index is -3.83. The van der Waals surface area contributed by atoms with Gasteiger partial charge in [-0.15, -0.1) is 0 Å². The number of hydrogen-bond acceptors (Lipinski definition) is 3. The molecule has 0 radical (unpaired) electrons. The molecule has 1 aromatic carbocycles. The lowest BCUT2D eigenvalue weighted by Gasteiger charge is -2.34. The lowest BCUT2D eigenvalue weighted by molar-refractivity contribution is -0.917. The Bertz CT molecular complexity index is 673.